The summed E-state index contributed by atoms with van der Waals surface area (Å²) in [5.41, 5.74) is 3.55. The number of hydrogen-bond acceptors (Lipinski definition) is 4. The maximum absolute atomic E-state index is 12.9. The van der Waals surface area contributed by atoms with Gasteiger partial charge in [0.1, 0.15) is 5.75 Å². The van der Waals surface area contributed by atoms with Crippen LogP contribution in [0.5, 0.6) is 5.75 Å². The first-order chi connectivity index (χ1) is 15.1. The molecule has 5 heteroatoms. The molecule has 0 spiro atoms. The van der Waals surface area contributed by atoms with Crippen molar-refractivity contribution in [3.8, 4) is 5.75 Å². The van der Waals surface area contributed by atoms with Crippen LogP contribution in [0.4, 0.5) is 11.4 Å². The monoisotopic (exact) mass is 414 g/mol. The third-order valence-electron chi connectivity index (χ3n) is 5.72. The van der Waals surface area contributed by atoms with Crippen molar-refractivity contribution in [1.82, 2.24) is 0 Å². The molecule has 1 aliphatic heterocycles. The van der Waals surface area contributed by atoms with Crippen molar-refractivity contribution in [3.05, 3.63) is 90.0 Å². The maximum atomic E-state index is 12.9. The number of benzene rings is 3. The van der Waals surface area contributed by atoms with E-state index in [0.717, 1.165) is 22.7 Å². The summed E-state index contributed by atoms with van der Waals surface area (Å²) >= 11 is 0. The molecule has 5 nitrogen and oxygen atoms in total. The van der Waals surface area contributed by atoms with Crippen LogP contribution in [-0.2, 0) is 4.79 Å². The van der Waals surface area contributed by atoms with Crippen LogP contribution < -0.4 is 15.0 Å². The van der Waals surface area contributed by atoms with Gasteiger partial charge in [0, 0.05) is 36.3 Å². The first-order valence-corrected chi connectivity index (χ1v) is 10.4. The van der Waals surface area contributed by atoms with Crippen molar-refractivity contribution in [2.45, 2.75) is 31.8 Å². The topological polar surface area (TPSA) is 58.6 Å². The summed E-state index contributed by atoms with van der Waals surface area (Å²) < 4.78 is 5.18. The predicted octanol–water partition coefficient (Wildman–Crippen LogP) is 5.25. The lowest BCUT2D eigenvalue weighted by Crippen LogP contribution is -2.40. The van der Waals surface area contributed by atoms with Gasteiger partial charge in [0.15, 0.2) is 5.78 Å². The third kappa shape index (κ3) is 4.45. The number of ketones is 1. The molecule has 4 rings (SSSR count). The number of carbonyl (C=O) groups excluding carboxylic acids is 2. The second kappa shape index (κ2) is 9.04. The zero-order chi connectivity index (χ0) is 21.8. The van der Waals surface area contributed by atoms with Crippen LogP contribution in [0.1, 0.15) is 41.7 Å². The van der Waals surface area contributed by atoms with Gasteiger partial charge in [-0.1, -0.05) is 36.4 Å². The normalized spacial score (nSPS) is 17.2. The highest BCUT2D eigenvalue weighted by Crippen LogP contribution is 2.40. The van der Waals surface area contributed by atoms with E-state index in [4.69, 9.17) is 4.74 Å². The van der Waals surface area contributed by atoms with E-state index in [-0.39, 0.29) is 23.8 Å². The van der Waals surface area contributed by atoms with Gasteiger partial charge in [0.05, 0.1) is 13.2 Å². The Hall–Kier alpha value is -3.60. The van der Waals surface area contributed by atoms with Crippen molar-refractivity contribution in [2.24, 2.45) is 0 Å². The minimum atomic E-state index is -0.147. The number of amides is 1. The standard InChI is InChI=1S/C26H26N2O3/c1-18(29)28(21-8-4-3-5-9-21)25-16-20(27-24-11-7-6-10-23(24)25)17-26(30)19-12-14-22(31-2)15-13-19/h3-15,20,25,27H,16-17H2,1-2H3. The van der Waals surface area contributed by atoms with Crippen molar-refractivity contribution >= 4 is 23.1 Å². The number of rotatable bonds is 6. The van der Waals surface area contributed by atoms with E-state index in [2.05, 4.69) is 5.32 Å². The Balaban J connectivity index is 1.62. The minimum absolute atomic E-state index is 0.0202. The number of methoxy groups -OCH3 is 1. The molecule has 0 aromatic heterocycles. The molecule has 0 fully saturated rings. The fourth-order valence-electron chi connectivity index (χ4n) is 4.26. The summed E-state index contributed by atoms with van der Waals surface area (Å²) in [6.07, 6.45) is 0.991. The summed E-state index contributed by atoms with van der Waals surface area (Å²) in [7, 11) is 1.61. The van der Waals surface area contributed by atoms with Gasteiger partial charge in [-0.2, -0.15) is 0 Å². The predicted molar refractivity (Wildman–Crippen MR) is 123 cm³/mol. The highest BCUT2D eigenvalue weighted by molar-refractivity contribution is 5.97. The summed E-state index contributed by atoms with van der Waals surface area (Å²) in [4.78, 5) is 27.5. The van der Waals surface area contributed by atoms with E-state index in [1.54, 1.807) is 38.3 Å². The van der Waals surface area contributed by atoms with Gasteiger partial charge in [-0.05, 0) is 54.4 Å². The molecule has 2 unspecified atom stereocenters. The first kappa shape index (κ1) is 20.7. The first-order valence-electron chi connectivity index (χ1n) is 10.4. The van der Waals surface area contributed by atoms with Crippen LogP contribution in [0, 0.1) is 0 Å². The molecular formula is C26H26N2O3. The van der Waals surface area contributed by atoms with Crippen LogP contribution in [0.15, 0.2) is 78.9 Å². The zero-order valence-electron chi connectivity index (χ0n) is 17.7. The molecule has 1 N–H and O–H groups in total. The molecule has 0 bridgehead atoms. The van der Waals surface area contributed by atoms with Gasteiger partial charge in [-0.25, -0.2) is 0 Å². The molecule has 3 aromatic carbocycles. The second-order valence-corrected chi connectivity index (χ2v) is 7.76. The van der Waals surface area contributed by atoms with Crippen LogP contribution >= 0.6 is 0 Å². The second-order valence-electron chi connectivity index (χ2n) is 7.76. The van der Waals surface area contributed by atoms with Crippen LogP contribution in [0.3, 0.4) is 0 Å². The van der Waals surface area contributed by atoms with Crippen LogP contribution in [-0.4, -0.2) is 24.8 Å². The van der Waals surface area contributed by atoms with E-state index in [1.807, 2.05) is 59.5 Å². The Bertz CT molecular complexity index is 1060. The zero-order valence-corrected chi connectivity index (χ0v) is 17.7. The molecule has 1 heterocycles. The number of hydrogen-bond donors (Lipinski definition) is 1. The number of anilines is 2. The van der Waals surface area contributed by atoms with Crippen molar-refractivity contribution in [2.75, 3.05) is 17.3 Å². The number of ether oxygens (including phenoxy) is 1. The van der Waals surface area contributed by atoms with E-state index < -0.39 is 0 Å². The highest BCUT2D eigenvalue weighted by Gasteiger charge is 2.33. The van der Waals surface area contributed by atoms with Gasteiger partial charge in [-0.3, -0.25) is 9.59 Å². The largest absolute Gasteiger partial charge is 0.497 e. The number of para-hydroxylation sites is 2. The van der Waals surface area contributed by atoms with E-state index >= 15 is 0 Å². The third-order valence-corrected chi connectivity index (χ3v) is 5.72. The summed E-state index contributed by atoms with van der Waals surface area (Å²) in [5, 5.41) is 3.51. The lowest BCUT2D eigenvalue weighted by molar-refractivity contribution is -0.117. The fourth-order valence-corrected chi connectivity index (χ4v) is 4.26. The molecule has 0 saturated carbocycles. The van der Waals surface area contributed by atoms with Gasteiger partial charge in [0.25, 0.3) is 0 Å². The van der Waals surface area contributed by atoms with Crippen LogP contribution in [0.2, 0.25) is 0 Å². The number of carbonyl (C=O) groups is 2. The number of nitrogens with zero attached hydrogens (tertiary/aromatic N) is 1. The van der Waals surface area contributed by atoms with Crippen molar-refractivity contribution in [1.29, 1.82) is 0 Å². The van der Waals surface area contributed by atoms with Gasteiger partial charge >= 0.3 is 0 Å². The highest BCUT2D eigenvalue weighted by atomic mass is 16.5. The Morgan fingerprint density at radius 2 is 1.65 bits per heavy atom. The molecule has 1 amide bonds. The number of nitrogens with one attached hydrogen (secondary N) is 1. The molecule has 2 atom stereocenters. The summed E-state index contributed by atoms with van der Waals surface area (Å²) in [6, 6.07) is 24.7. The Kier molecular flexibility index (Phi) is 6.03. The number of Topliss-reactive ketones (excluding diaryl/α,β-unsaturated/α-hetero) is 1. The molecule has 1 aliphatic rings. The minimum Gasteiger partial charge on any atom is -0.497 e. The summed E-state index contributed by atoms with van der Waals surface area (Å²) in [5.74, 6) is 0.766. The molecular weight excluding hydrogens is 388 g/mol. The van der Waals surface area contributed by atoms with E-state index in [1.165, 1.54) is 0 Å². The smallest absolute Gasteiger partial charge is 0.224 e. The van der Waals surface area contributed by atoms with Crippen LogP contribution in [0.25, 0.3) is 0 Å². The lowest BCUT2D eigenvalue weighted by atomic mass is 9.88. The molecule has 158 valence electrons. The van der Waals surface area contributed by atoms with Crippen molar-refractivity contribution in [3.63, 3.8) is 0 Å². The van der Waals surface area contributed by atoms with Gasteiger partial charge in [0.2, 0.25) is 5.91 Å². The molecule has 31 heavy (non-hydrogen) atoms. The maximum Gasteiger partial charge on any atom is 0.224 e. The Labute approximate surface area is 182 Å². The van der Waals surface area contributed by atoms with Gasteiger partial charge in [-0.15, -0.1) is 0 Å². The Morgan fingerprint density at radius 3 is 2.32 bits per heavy atom. The molecule has 3 aromatic rings. The quantitative estimate of drug-likeness (QED) is 0.560. The van der Waals surface area contributed by atoms with E-state index in [0.29, 0.717) is 18.4 Å². The van der Waals surface area contributed by atoms with E-state index in [9.17, 15) is 9.59 Å². The van der Waals surface area contributed by atoms with Gasteiger partial charge < -0.3 is 15.0 Å². The summed E-state index contributed by atoms with van der Waals surface area (Å²) in [6.45, 7) is 1.59. The molecule has 0 aliphatic carbocycles. The SMILES string of the molecule is COc1ccc(C(=O)CC2CC(N(C(C)=O)c3ccccc3)c3ccccc3N2)cc1. The average molecular weight is 415 g/mol. The van der Waals surface area contributed by atoms with Crippen molar-refractivity contribution < 1.29 is 14.3 Å². The average Bonchev–Trinajstić information content (AvgIpc) is 2.79. The fraction of sp³-hybridized carbons (Fsp3) is 0.231. The molecule has 0 saturated heterocycles. The number of fused-ring (bicyclic) bond motifs is 1. The Morgan fingerprint density at radius 1 is 0.968 bits per heavy atom. The lowest BCUT2D eigenvalue weighted by Gasteiger charge is -2.39. The molecule has 0 radical (unpaired) electrons.